The minimum atomic E-state index is -0.146. The van der Waals surface area contributed by atoms with E-state index < -0.39 is 0 Å². The van der Waals surface area contributed by atoms with Gasteiger partial charge in [0.05, 0.1) is 13.2 Å². The summed E-state index contributed by atoms with van der Waals surface area (Å²) in [6.07, 6.45) is 1.29. The van der Waals surface area contributed by atoms with Crippen molar-refractivity contribution in [3.63, 3.8) is 0 Å². The number of fused-ring (bicyclic) bond motifs is 1. The summed E-state index contributed by atoms with van der Waals surface area (Å²) >= 11 is 0. The van der Waals surface area contributed by atoms with Crippen LogP contribution >= 0.6 is 0 Å². The number of benzene rings is 1. The lowest BCUT2D eigenvalue weighted by molar-refractivity contribution is 0.0299. The molecular weight excluding hydrogens is 300 g/mol. The van der Waals surface area contributed by atoms with Crippen molar-refractivity contribution in [3.8, 4) is 22.8 Å². The number of nitrogens with zero attached hydrogens (tertiary/aromatic N) is 2. The number of hydrogen-bond acceptors (Lipinski definition) is 6. The minimum absolute atomic E-state index is 0.146. The molecule has 0 unspecified atom stereocenters. The molecule has 1 aromatic carbocycles. The molecule has 2 aliphatic rings. The Bertz CT molecular complexity index is 721. The molecule has 0 saturated carbocycles. The zero-order valence-electron chi connectivity index (χ0n) is 12.5. The van der Waals surface area contributed by atoms with E-state index in [9.17, 15) is 4.79 Å². The number of morpholine rings is 1. The third-order valence-corrected chi connectivity index (χ3v) is 3.87. The van der Waals surface area contributed by atoms with Gasteiger partial charge >= 0.3 is 0 Å². The Hall–Kier alpha value is -2.54. The number of hydrogen-bond donors (Lipinski definition) is 0. The van der Waals surface area contributed by atoms with Crippen LogP contribution in [0.15, 0.2) is 29.0 Å². The molecule has 0 atom stereocenters. The molecule has 4 rings (SSSR count). The Kier molecular flexibility index (Phi) is 3.63. The van der Waals surface area contributed by atoms with Crippen molar-refractivity contribution >= 4 is 5.91 Å². The number of aromatic nitrogens is 1. The summed E-state index contributed by atoms with van der Waals surface area (Å²) in [7, 11) is 0. The molecule has 120 valence electrons. The van der Waals surface area contributed by atoms with Gasteiger partial charge in [-0.3, -0.25) is 4.79 Å². The fourth-order valence-electron chi connectivity index (χ4n) is 2.70. The second kappa shape index (κ2) is 5.92. The van der Waals surface area contributed by atoms with E-state index in [-0.39, 0.29) is 5.91 Å². The molecule has 0 spiro atoms. The number of rotatable bonds is 2. The topological polar surface area (TPSA) is 74.0 Å². The third kappa shape index (κ3) is 2.63. The molecular formula is C16H16N2O5. The summed E-state index contributed by atoms with van der Waals surface area (Å²) in [6.45, 7) is 3.26. The first-order valence-corrected chi connectivity index (χ1v) is 7.53. The highest BCUT2D eigenvalue weighted by molar-refractivity contribution is 5.97. The molecule has 2 aliphatic heterocycles. The summed E-state index contributed by atoms with van der Waals surface area (Å²) in [5.41, 5.74) is 1.05. The summed E-state index contributed by atoms with van der Waals surface area (Å²) in [6, 6.07) is 5.46. The molecule has 2 aromatic rings. The van der Waals surface area contributed by atoms with Gasteiger partial charge in [-0.05, 0) is 18.2 Å². The van der Waals surface area contributed by atoms with Crippen LogP contribution in [0.5, 0.6) is 11.5 Å². The highest BCUT2D eigenvalue weighted by Crippen LogP contribution is 2.35. The van der Waals surface area contributed by atoms with Gasteiger partial charge in [0.15, 0.2) is 29.3 Å². The average Bonchev–Trinajstić information content (AvgIpc) is 3.11. The number of oxazole rings is 1. The van der Waals surface area contributed by atoms with E-state index in [4.69, 9.17) is 18.6 Å². The van der Waals surface area contributed by atoms with Crippen LogP contribution in [0.3, 0.4) is 0 Å². The fourth-order valence-corrected chi connectivity index (χ4v) is 2.70. The van der Waals surface area contributed by atoms with E-state index in [2.05, 4.69) is 4.98 Å². The lowest BCUT2D eigenvalue weighted by Crippen LogP contribution is -2.41. The van der Waals surface area contributed by atoms with Gasteiger partial charge in [-0.15, -0.1) is 0 Å². The Morgan fingerprint density at radius 3 is 2.65 bits per heavy atom. The molecule has 3 heterocycles. The second-order valence-corrected chi connectivity index (χ2v) is 5.29. The van der Waals surface area contributed by atoms with Crippen LogP contribution in [0.2, 0.25) is 0 Å². The van der Waals surface area contributed by atoms with Crippen molar-refractivity contribution < 1.29 is 23.4 Å². The van der Waals surface area contributed by atoms with E-state index in [1.807, 2.05) is 18.2 Å². The number of carbonyl (C=O) groups excluding carboxylic acids is 1. The van der Waals surface area contributed by atoms with Crippen LogP contribution in [0, 0.1) is 0 Å². The van der Waals surface area contributed by atoms with Gasteiger partial charge in [0.1, 0.15) is 13.2 Å². The summed E-state index contributed by atoms with van der Waals surface area (Å²) < 4.78 is 21.8. The molecule has 1 fully saturated rings. The molecule has 0 radical (unpaired) electrons. The van der Waals surface area contributed by atoms with Gasteiger partial charge < -0.3 is 23.5 Å². The molecule has 0 bridgehead atoms. The van der Waals surface area contributed by atoms with E-state index >= 15 is 0 Å². The first-order valence-electron chi connectivity index (χ1n) is 7.53. The Morgan fingerprint density at radius 2 is 1.83 bits per heavy atom. The van der Waals surface area contributed by atoms with E-state index in [1.165, 1.54) is 6.39 Å². The predicted octanol–water partition coefficient (Wildman–Crippen LogP) is 1.59. The van der Waals surface area contributed by atoms with Crippen molar-refractivity contribution in [2.24, 2.45) is 0 Å². The monoisotopic (exact) mass is 316 g/mol. The quantitative estimate of drug-likeness (QED) is 0.837. The SMILES string of the molecule is O=C(c1ncoc1-c1ccc2c(c1)OCCO2)N1CCOCC1. The van der Waals surface area contributed by atoms with Gasteiger partial charge in [0.25, 0.3) is 5.91 Å². The fraction of sp³-hybridized carbons (Fsp3) is 0.375. The van der Waals surface area contributed by atoms with Crippen LogP contribution in [-0.4, -0.2) is 55.3 Å². The summed E-state index contributed by atoms with van der Waals surface area (Å²) in [4.78, 5) is 18.5. The van der Waals surface area contributed by atoms with Gasteiger partial charge in [-0.25, -0.2) is 4.98 Å². The standard InChI is InChI=1S/C16H16N2O5/c19-16(18-3-5-20-6-4-18)14-15(23-10-17-14)11-1-2-12-13(9-11)22-8-7-21-12/h1-2,9-10H,3-8H2. The first kappa shape index (κ1) is 14.1. The van der Waals surface area contributed by atoms with Gasteiger partial charge in [-0.2, -0.15) is 0 Å². The largest absolute Gasteiger partial charge is 0.486 e. The Labute approximate surface area is 132 Å². The maximum atomic E-state index is 12.6. The van der Waals surface area contributed by atoms with Crippen LogP contribution in [-0.2, 0) is 4.74 Å². The predicted molar refractivity (Wildman–Crippen MR) is 79.7 cm³/mol. The van der Waals surface area contributed by atoms with Gasteiger partial charge in [0, 0.05) is 18.7 Å². The minimum Gasteiger partial charge on any atom is -0.486 e. The summed E-state index contributed by atoms with van der Waals surface area (Å²) in [5, 5.41) is 0. The lowest BCUT2D eigenvalue weighted by Gasteiger charge is -2.26. The Balaban J connectivity index is 1.65. The molecule has 23 heavy (non-hydrogen) atoms. The van der Waals surface area contributed by atoms with Crippen LogP contribution in [0.25, 0.3) is 11.3 Å². The van der Waals surface area contributed by atoms with Crippen LogP contribution in [0.4, 0.5) is 0 Å². The summed E-state index contributed by atoms with van der Waals surface area (Å²) in [5.74, 6) is 1.64. The maximum Gasteiger partial charge on any atom is 0.276 e. The number of carbonyl (C=O) groups is 1. The smallest absolute Gasteiger partial charge is 0.276 e. The van der Waals surface area contributed by atoms with Crippen LogP contribution in [0.1, 0.15) is 10.5 Å². The van der Waals surface area contributed by atoms with Crippen molar-refractivity contribution in [2.75, 3.05) is 39.5 Å². The Morgan fingerprint density at radius 1 is 1.04 bits per heavy atom. The second-order valence-electron chi connectivity index (χ2n) is 5.29. The van der Waals surface area contributed by atoms with Crippen molar-refractivity contribution in [1.82, 2.24) is 9.88 Å². The van der Waals surface area contributed by atoms with E-state index in [0.29, 0.717) is 62.5 Å². The molecule has 7 nitrogen and oxygen atoms in total. The van der Waals surface area contributed by atoms with Gasteiger partial charge in [0.2, 0.25) is 0 Å². The highest BCUT2D eigenvalue weighted by atomic mass is 16.6. The van der Waals surface area contributed by atoms with Crippen molar-refractivity contribution in [1.29, 1.82) is 0 Å². The van der Waals surface area contributed by atoms with E-state index in [1.54, 1.807) is 4.90 Å². The molecule has 0 aliphatic carbocycles. The zero-order chi connectivity index (χ0) is 15.6. The van der Waals surface area contributed by atoms with E-state index in [0.717, 1.165) is 5.56 Å². The van der Waals surface area contributed by atoms with Crippen molar-refractivity contribution in [3.05, 3.63) is 30.3 Å². The molecule has 1 amide bonds. The van der Waals surface area contributed by atoms with Crippen molar-refractivity contribution in [2.45, 2.75) is 0 Å². The maximum absolute atomic E-state index is 12.6. The van der Waals surface area contributed by atoms with Gasteiger partial charge in [-0.1, -0.05) is 0 Å². The van der Waals surface area contributed by atoms with Crippen LogP contribution < -0.4 is 9.47 Å². The average molecular weight is 316 g/mol. The highest BCUT2D eigenvalue weighted by Gasteiger charge is 2.26. The normalized spacial score (nSPS) is 17.1. The third-order valence-electron chi connectivity index (χ3n) is 3.87. The molecule has 1 aromatic heterocycles. The number of amides is 1. The first-order chi connectivity index (χ1) is 11.3. The molecule has 0 N–H and O–H groups in total. The lowest BCUT2D eigenvalue weighted by atomic mass is 10.1. The number of ether oxygens (including phenoxy) is 3. The molecule has 7 heteroatoms. The molecule has 1 saturated heterocycles. The zero-order valence-corrected chi connectivity index (χ0v) is 12.5.